The molecule has 0 bridgehead atoms. The number of rotatable bonds is 6. The standard InChI is InChI=1S/C14H20N2O2S/c15-14(19)12-2-4-13(5-3-12)18-9-1-6-16-7-10-17-11-8-16/h2-5H,1,6-11H2,(H2,15,19). The summed E-state index contributed by atoms with van der Waals surface area (Å²) in [6, 6.07) is 7.59. The summed E-state index contributed by atoms with van der Waals surface area (Å²) in [5.41, 5.74) is 6.41. The van der Waals surface area contributed by atoms with E-state index in [1.807, 2.05) is 24.3 Å². The molecule has 1 aromatic rings. The topological polar surface area (TPSA) is 47.7 Å². The molecular formula is C14H20N2O2S. The van der Waals surface area contributed by atoms with Crippen molar-refractivity contribution in [2.45, 2.75) is 6.42 Å². The van der Waals surface area contributed by atoms with E-state index in [9.17, 15) is 0 Å². The maximum absolute atomic E-state index is 5.69. The van der Waals surface area contributed by atoms with Gasteiger partial charge in [-0.15, -0.1) is 0 Å². The minimum Gasteiger partial charge on any atom is -0.494 e. The molecule has 0 aliphatic carbocycles. The largest absolute Gasteiger partial charge is 0.494 e. The van der Waals surface area contributed by atoms with Crippen molar-refractivity contribution in [1.29, 1.82) is 0 Å². The van der Waals surface area contributed by atoms with Crippen molar-refractivity contribution in [2.24, 2.45) is 5.73 Å². The van der Waals surface area contributed by atoms with Gasteiger partial charge in [0.15, 0.2) is 0 Å². The average Bonchev–Trinajstić information content (AvgIpc) is 2.45. The van der Waals surface area contributed by atoms with Crippen LogP contribution < -0.4 is 10.5 Å². The lowest BCUT2D eigenvalue weighted by atomic mass is 10.2. The Balaban J connectivity index is 1.66. The summed E-state index contributed by atoms with van der Waals surface area (Å²) < 4.78 is 11.0. The van der Waals surface area contributed by atoms with Crippen LogP contribution >= 0.6 is 12.2 Å². The minimum absolute atomic E-state index is 0.416. The SMILES string of the molecule is NC(=S)c1ccc(OCCCN2CCOCC2)cc1. The van der Waals surface area contributed by atoms with Crippen LogP contribution in [0.1, 0.15) is 12.0 Å². The van der Waals surface area contributed by atoms with E-state index in [0.717, 1.165) is 57.2 Å². The highest BCUT2D eigenvalue weighted by Gasteiger charge is 2.09. The number of morpholine rings is 1. The summed E-state index contributed by atoms with van der Waals surface area (Å²) in [5.74, 6) is 0.863. The molecule has 1 heterocycles. The molecule has 0 spiro atoms. The fourth-order valence-electron chi connectivity index (χ4n) is 2.02. The lowest BCUT2D eigenvalue weighted by molar-refractivity contribution is 0.0358. The first-order valence-electron chi connectivity index (χ1n) is 6.58. The van der Waals surface area contributed by atoms with Gasteiger partial charge >= 0.3 is 0 Å². The zero-order valence-corrected chi connectivity index (χ0v) is 11.8. The van der Waals surface area contributed by atoms with Crippen molar-refractivity contribution in [3.8, 4) is 5.75 Å². The summed E-state index contributed by atoms with van der Waals surface area (Å²) in [4.78, 5) is 2.82. The first kappa shape index (κ1) is 14.2. The van der Waals surface area contributed by atoms with E-state index in [1.54, 1.807) is 0 Å². The molecular weight excluding hydrogens is 260 g/mol. The van der Waals surface area contributed by atoms with Crippen LogP contribution in [0.5, 0.6) is 5.75 Å². The molecule has 0 amide bonds. The van der Waals surface area contributed by atoms with E-state index in [-0.39, 0.29) is 0 Å². The Morgan fingerprint density at radius 3 is 2.58 bits per heavy atom. The Morgan fingerprint density at radius 2 is 1.95 bits per heavy atom. The van der Waals surface area contributed by atoms with Crippen LogP contribution in [0.25, 0.3) is 0 Å². The number of nitrogens with zero attached hydrogens (tertiary/aromatic N) is 1. The fraction of sp³-hybridized carbons (Fsp3) is 0.500. The number of benzene rings is 1. The van der Waals surface area contributed by atoms with E-state index in [4.69, 9.17) is 27.4 Å². The average molecular weight is 280 g/mol. The van der Waals surface area contributed by atoms with Crippen molar-refractivity contribution in [3.63, 3.8) is 0 Å². The summed E-state index contributed by atoms with van der Waals surface area (Å²) in [6.07, 6.45) is 1.02. The molecule has 104 valence electrons. The Morgan fingerprint density at radius 1 is 1.26 bits per heavy atom. The zero-order valence-electron chi connectivity index (χ0n) is 11.0. The van der Waals surface area contributed by atoms with E-state index < -0.39 is 0 Å². The Hall–Kier alpha value is -1.17. The molecule has 2 rings (SSSR count). The number of hydrogen-bond acceptors (Lipinski definition) is 4. The molecule has 19 heavy (non-hydrogen) atoms. The molecule has 0 unspecified atom stereocenters. The molecule has 1 saturated heterocycles. The molecule has 1 aliphatic heterocycles. The quantitative estimate of drug-likeness (QED) is 0.631. The lowest BCUT2D eigenvalue weighted by Crippen LogP contribution is -2.37. The van der Waals surface area contributed by atoms with Gasteiger partial charge in [-0.3, -0.25) is 4.90 Å². The van der Waals surface area contributed by atoms with E-state index >= 15 is 0 Å². The number of nitrogens with two attached hydrogens (primary N) is 1. The zero-order chi connectivity index (χ0) is 13.5. The highest BCUT2D eigenvalue weighted by molar-refractivity contribution is 7.80. The molecule has 0 radical (unpaired) electrons. The smallest absolute Gasteiger partial charge is 0.119 e. The molecule has 1 aromatic carbocycles. The number of hydrogen-bond donors (Lipinski definition) is 1. The van der Waals surface area contributed by atoms with E-state index in [1.165, 1.54) is 0 Å². The molecule has 2 N–H and O–H groups in total. The Kier molecular flexibility index (Phi) is 5.57. The maximum atomic E-state index is 5.69. The molecule has 1 fully saturated rings. The third kappa shape index (κ3) is 4.78. The molecule has 4 nitrogen and oxygen atoms in total. The van der Waals surface area contributed by atoms with Gasteiger partial charge < -0.3 is 15.2 Å². The normalized spacial score (nSPS) is 16.2. The number of thiocarbonyl (C=S) groups is 1. The highest BCUT2D eigenvalue weighted by Crippen LogP contribution is 2.12. The monoisotopic (exact) mass is 280 g/mol. The summed E-state index contributed by atoms with van der Waals surface area (Å²) in [5, 5.41) is 0. The van der Waals surface area contributed by atoms with Crippen LogP contribution in [0.4, 0.5) is 0 Å². The third-order valence-corrected chi connectivity index (χ3v) is 3.37. The molecule has 5 heteroatoms. The van der Waals surface area contributed by atoms with Gasteiger partial charge in [0.1, 0.15) is 10.7 Å². The molecule has 0 aromatic heterocycles. The summed E-state index contributed by atoms with van der Waals surface area (Å²) in [6.45, 7) is 5.55. The van der Waals surface area contributed by atoms with Gasteiger partial charge in [-0.05, 0) is 30.7 Å². The van der Waals surface area contributed by atoms with Crippen LogP contribution in [-0.4, -0.2) is 49.3 Å². The summed E-state index contributed by atoms with van der Waals surface area (Å²) >= 11 is 4.91. The third-order valence-electron chi connectivity index (χ3n) is 3.13. The van der Waals surface area contributed by atoms with Crippen molar-refractivity contribution in [2.75, 3.05) is 39.5 Å². The Labute approximate surface area is 119 Å². The van der Waals surface area contributed by atoms with Gasteiger partial charge in [0, 0.05) is 25.2 Å². The van der Waals surface area contributed by atoms with Gasteiger partial charge in [-0.2, -0.15) is 0 Å². The van der Waals surface area contributed by atoms with Crippen LogP contribution in [0.3, 0.4) is 0 Å². The highest BCUT2D eigenvalue weighted by atomic mass is 32.1. The Bertz CT molecular complexity index is 402. The van der Waals surface area contributed by atoms with Crippen molar-refractivity contribution < 1.29 is 9.47 Å². The van der Waals surface area contributed by atoms with Crippen LogP contribution in [0.2, 0.25) is 0 Å². The predicted molar refractivity (Wildman–Crippen MR) is 79.7 cm³/mol. The lowest BCUT2D eigenvalue weighted by Gasteiger charge is -2.26. The van der Waals surface area contributed by atoms with E-state index in [2.05, 4.69) is 4.90 Å². The second kappa shape index (κ2) is 7.43. The summed E-state index contributed by atoms with van der Waals surface area (Å²) in [7, 11) is 0. The minimum atomic E-state index is 0.416. The maximum Gasteiger partial charge on any atom is 0.119 e. The van der Waals surface area contributed by atoms with Gasteiger partial charge in [0.2, 0.25) is 0 Å². The van der Waals surface area contributed by atoms with Crippen LogP contribution in [0.15, 0.2) is 24.3 Å². The van der Waals surface area contributed by atoms with Crippen LogP contribution in [-0.2, 0) is 4.74 Å². The predicted octanol–water partition coefficient (Wildman–Crippen LogP) is 1.42. The number of ether oxygens (including phenoxy) is 2. The van der Waals surface area contributed by atoms with Crippen molar-refractivity contribution in [3.05, 3.63) is 29.8 Å². The van der Waals surface area contributed by atoms with Crippen molar-refractivity contribution in [1.82, 2.24) is 4.90 Å². The fourth-order valence-corrected chi connectivity index (χ4v) is 2.15. The molecule has 0 saturated carbocycles. The molecule has 0 atom stereocenters. The van der Waals surface area contributed by atoms with Crippen molar-refractivity contribution >= 4 is 17.2 Å². The van der Waals surface area contributed by atoms with Gasteiger partial charge in [0.25, 0.3) is 0 Å². The first-order valence-corrected chi connectivity index (χ1v) is 6.99. The molecule has 1 aliphatic rings. The second-order valence-corrected chi connectivity index (χ2v) is 4.98. The van der Waals surface area contributed by atoms with Gasteiger partial charge in [0.05, 0.1) is 19.8 Å². The van der Waals surface area contributed by atoms with Gasteiger partial charge in [-0.1, -0.05) is 12.2 Å². The van der Waals surface area contributed by atoms with E-state index in [0.29, 0.717) is 4.99 Å². The second-order valence-electron chi connectivity index (χ2n) is 4.54. The van der Waals surface area contributed by atoms with Crippen LogP contribution in [0, 0.1) is 0 Å². The van der Waals surface area contributed by atoms with Gasteiger partial charge in [-0.25, -0.2) is 0 Å². The first-order chi connectivity index (χ1) is 9.25.